The van der Waals surface area contributed by atoms with Gasteiger partial charge in [0.15, 0.2) is 0 Å². The van der Waals surface area contributed by atoms with Crippen LogP contribution in [0.3, 0.4) is 0 Å². The largest absolute Gasteiger partial charge is 0.495 e. The number of carbonyl (C=O) groups is 1. The monoisotopic (exact) mass is 462 g/mol. The average Bonchev–Trinajstić information content (AvgIpc) is 2.76. The molecule has 0 fully saturated rings. The van der Waals surface area contributed by atoms with Crippen molar-refractivity contribution in [2.24, 2.45) is 0 Å². The van der Waals surface area contributed by atoms with Crippen LogP contribution < -0.4 is 14.4 Å². The zero-order valence-electron chi connectivity index (χ0n) is 16.6. The van der Waals surface area contributed by atoms with Gasteiger partial charge in [-0.3, -0.25) is 9.10 Å². The van der Waals surface area contributed by atoms with E-state index < -0.39 is 28.3 Å². The number of anilines is 1. The number of sulfonamides is 1. The second-order valence-electron chi connectivity index (χ2n) is 6.54. The first kappa shape index (κ1) is 22.6. The molecule has 0 radical (unpaired) electrons. The molecule has 0 saturated heterocycles. The SMILES string of the molecule is COc1ccccc1N(CC(=O)NCc1cccc(Cl)c1)S(=O)(=O)c1ccc(F)cc1. The van der Waals surface area contributed by atoms with Gasteiger partial charge in [0.2, 0.25) is 5.91 Å². The zero-order valence-corrected chi connectivity index (χ0v) is 18.2. The molecule has 3 aromatic carbocycles. The van der Waals surface area contributed by atoms with E-state index in [1.54, 1.807) is 42.5 Å². The normalized spacial score (nSPS) is 11.1. The lowest BCUT2D eigenvalue weighted by atomic mass is 10.2. The molecule has 0 aromatic heterocycles. The fourth-order valence-corrected chi connectivity index (χ4v) is 4.55. The third-order valence-electron chi connectivity index (χ3n) is 4.42. The summed E-state index contributed by atoms with van der Waals surface area (Å²) in [6.07, 6.45) is 0. The van der Waals surface area contributed by atoms with Crippen LogP contribution >= 0.6 is 11.6 Å². The summed E-state index contributed by atoms with van der Waals surface area (Å²) in [5, 5.41) is 3.22. The molecule has 0 spiro atoms. The third kappa shape index (κ3) is 5.53. The topological polar surface area (TPSA) is 75.7 Å². The lowest BCUT2D eigenvalue weighted by Gasteiger charge is -2.25. The van der Waals surface area contributed by atoms with E-state index >= 15 is 0 Å². The fraction of sp³-hybridized carbons (Fsp3) is 0.136. The lowest BCUT2D eigenvalue weighted by Crippen LogP contribution is -2.40. The summed E-state index contributed by atoms with van der Waals surface area (Å²) < 4.78 is 46.2. The number of halogens is 2. The smallest absolute Gasteiger partial charge is 0.264 e. The minimum Gasteiger partial charge on any atom is -0.495 e. The Labute approximate surface area is 185 Å². The van der Waals surface area contributed by atoms with Gasteiger partial charge in [-0.2, -0.15) is 0 Å². The number of carbonyl (C=O) groups excluding carboxylic acids is 1. The Bertz CT molecular complexity index is 1170. The van der Waals surface area contributed by atoms with Gasteiger partial charge in [0, 0.05) is 11.6 Å². The number of hydrogen-bond acceptors (Lipinski definition) is 4. The van der Waals surface area contributed by atoms with Crippen molar-refractivity contribution in [3.05, 3.63) is 89.2 Å². The van der Waals surface area contributed by atoms with Crippen LogP contribution in [0.4, 0.5) is 10.1 Å². The van der Waals surface area contributed by atoms with Gasteiger partial charge in [0.1, 0.15) is 18.1 Å². The predicted molar refractivity (Wildman–Crippen MR) is 117 cm³/mol. The molecule has 0 heterocycles. The summed E-state index contributed by atoms with van der Waals surface area (Å²) >= 11 is 5.96. The molecule has 0 atom stereocenters. The molecule has 0 unspecified atom stereocenters. The summed E-state index contributed by atoms with van der Waals surface area (Å²) in [6.45, 7) is -0.323. The molecule has 31 heavy (non-hydrogen) atoms. The summed E-state index contributed by atoms with van der Waals surface area (Å²) in [5.41, 5.74) is 0.957. The molecule has 9 heteroatoms. The number of nitrogens with zero attached hydrogens (tertiary/aromatic N) is 1. The molecule has 3 aromatic rings. The van der Waals surface area contributed by atoms with Crippen LogP contribution in [0.25, 0.3) is 0 Å². The Morgan fingerprint density at radius 1 is 1.06 bits per heavy atom. The van der Waals surface area contributed by atoms with Crippen molar-refractivity contribution < 1.29 is 22.3 Å². The minimum absolute atomic E-state index is 0.151. The molecule has 0 aliphatic carbocycles. The van der Waals surface area contributed by atoms with Crippen LogP contribution in [-0.4, -0.2) is 28.0 Å². The zero-order chi connectivity index (χ0) is 22.4. The molecular weight excluding hydrogens is 443 g/mol. The maximum Gasteiger partial charge on any atom is 0.264 e. The highest BCUT2D eigenvalue weighted by molar-refractivity contribution is 7.92. The van der Waals surface area contributed by atoms with Gasteiger partial charge in [-0.05, 0) is 54.1 Å². The predicted octanol–water partition coefficient (Wildman–Crippen LogP) is 4.00. The Hall–Kier alpha value is -3.10. The van der Waals surface area contributed by atoms with Crippen LogP contribution in [-0.2, 0) is 21.4 Å². The molecule has 6 nitrogen and oxygen atoms in total. The Kier molecular flexibility index (Phi) is 7.14. The van der Waals surface area contributed by atoms with Gasteiger partial charge in [0.05, 0.1) is 17.7 Å². The molecule has 1 amide bonds. The molecule has 0 saturated carbocycles. The second kappa shape index (κ2) is 9.80. The van der Waals surface area contributed by atoms with E-state index in [9.17, 15) is 17.6 Å². The number of hydrogen-bond donors (Lipinski definition) is 1. The first-order valence-electron chi connectivity index (χ1n) is 9.24. The standard InChI is InChI=1S/C22H20ClFN2O4S/c1-30-21-8-3-2-7-20(21)26(31(28,29)19-11-9-18(24)10-12-19)15-22(27)25-14-16-5-4-6-17(23)13-16/h2-13H,14-15H2,1H3,(H,25,27). The summed E-state index contributed by atoms with van der Waals surface area (Å²) in [7, 11) is -2.78. The number of benzene rings is 3. The van der Waals surface area contributed by atoms with Gasteiger partial charge >= 0.3 is 0 Å². The summed E-state index contributed by atoms with van der Waals surface area (Å²) in [5.74, 6) is -0.825. The molecular formula is C22H20ClFN2O4S. The number of methoxy groups -OCH3 is 1. The van der Waals surface area contributed by atoms with Crippen LogP contribution in [0.1, 0.15) is 5.56 Å². The maximum absolute atomic E-state index is 13.3. The van der Waals surface area contributed by atoms with E-state index in [0.717, 1.165) is 34.1 Å². The average molecular weight is 463 g/mol. The Balaban J connectivity index is 1.90. The first-order valence-corrected chi connectivity index (χ1v) is 11.1. The van der Waals surface area contributed by atoms with Gasteiger partial charge in [0.25, 0.3) is 10.0 Å². The molecule has 0 aliphatic rings. The minimum atomic E-state index is -4.18. The second-order valence-corrected chi connectivity index (χ2v) is 8.84. The van der Waals surface area contributed by atoms with Crippen molar-refractivity contribution in [2.45, 2.75) is 11.4 Å². The number of nitrogens with one attached hydrogen (secondary N) is 1. The van der Waals surface area contributed by atoms with E-state index in [2.05, 4.69) is 5.32 Å². The van der Waals surface area contributed by atoms with Crippen LogP contribution in [0, 0.1) is 5.82 Å². The third-order valence-corrected chi connectivity index (χ3v) is 6.43. The Morgan fingerprint density at radius 3 is 2.45 bits per heavy atom. The molecule has 0 bridgehead atoms. The highest BCUT2D eigenvalue weighted by atomic mass is 35.5. The number of ether oxygens (including phenoxy) is 1. The summed E-state index contributed by atoms with van der Waals surface area (Å²) in [6, 6.07) is 17.8. The van der Waals surface area contributed by atoms with Gasteiger partial charge in [-0.1, -0.05) is 35.9 Å². The Morgan fingerprint density at radius 2 is 1.77 bits per heavy atom. The van der Waals surface area contributed by atoms with Crippen LogP contribution in [0.5, 0.6) is 5.75 Å². The molecule has 0 aliphatic heterocycles. The van der Waals surface area contributed by atoms with Gasteiger partial charge in [-0.15, -0.1) is 0 Å². The van der Waals surface area contributed by atoms with E-state index in [-0.39, 0.29) is 22.9 Å². The summed E-state index contributed by atoms with van der Waals surface area (Å²) in [4.78, 5) is 12.5. The molecule has 3 rings (SSSR count). The van der Waals surface area contributed by atoms with Crippen molar-refractivity contribution in [3.63, 3.8) is 0 Å². The van der Waals surface area contributed by atoms with Crippen molar-refractivity contribution >= 4 is 33.2 Å². The van der Waals surface area contributed by atoms with Crippen molar-refractivity contribution in [3.8, 4) is 5.75 Å². The highest BCUT2D eigenvalue weighted by Crippen LogP contribution is 2.32. The van der Waals surface area contributed by atoms with Crippen molar-refractivity contribution in [1.82, 2.24) is 5.32 Å². The molecule has 1 N–H and O–H groups in total. The van der Waals surface area contributed by atoms with E-state index in [1.807, 2.05) is 0 Å². The highest BCUT2D eigenvalue weighted by Gasteiger charge is 2.29. The maximum atomic E-state index is 13.3. The number of amides is 1. The number of rotatable bonds is 8. The van der Waals surface area contributed by atoms with Gasteiger partial charge in [-0.25, -0.2) is 12.8 Å². The van der Waals surface area contributed by atoms with Crippen molar-refractivity contribution in [2.75, 3.05) is 18.0 Å². The van der Waals surface area contributed by atoms with Crippen LogP contribution in [0.15, 0.2) is 77.7 Å². The van der Waals surface area contributed by atoms with E-state index in [1.165, 1.54) is 13.2 Å². The fourth-order valence-electron chi connectivity index (χ4n) is 2.90. The van der Waals surface area contributed by atoms with E-state index in [0.29, 0.717) is 5.02 Å². The number of para-hydroxylation sites is 2. The van der Waals surface area contributed by atoms with Gasteiger partial charge < -0.3 is 10.1 Å². The van der Waals surface area contributed by atoms with E-state index in [4.69, 9.17) is 16.3 Å². The lowest BCUT2D eigenvalue weighted by molar-refractivity contribution is -0.119. The quantitative estimate of drug-likeness (QED) is 0.549. The van der Waals surface area contributed by atoms with Crippen LogP contribution in [0.2, 0.25) is 5.02 Å². The molecule has 162 valence electrons. The van der Waals surface area contributed by atoms with Crippen molar-refractivity contribution in [1.29, 1.82) is 0 Å². The first-order chi connectivity index (χ1) is 14.8.